The molecule has 0 saturated heterocycles. The minimum Gasteiger partial charge on any atom is -0.372 e. The standard InChI is InChI=1S/C8H11N7O/c1-3-4-11-7(10-2)5(6(9)16)8-12-13-14-15(4)8/h10H,3H2,1-2H3,(H2,9,16). The van der Waals surface area contributed by atoms with E-state index in [1.807, 2.05) is 6.92 Å². The van der Waals surface area contributed by atoms with E-state index in [9.17, 15) is 4.79 Å². The van der Waals surface area contributed by atoms with Crippen LogP contribution in [0.25, 0.3) is 5.65 Å². The largest absolute Gasteiger partial charge is 0.372 e. The van der Waals surface area contributed by atoms with Crippen molar-refractivity contribution in [2.75, 3.05) is 12.4 Å². The van der Waals surface area contributed by atoms with Gasteiger partial charge in [-0.1, -0.05) is 6.92 Å². The molecule has 16 heavy (non-hydrogen) atoms. The highest BCUT2D eigenvalue weighted by atomic mass is 16.1. The van der Waals surface area contributed by atoms with Crippen LogP contribution >= 0.6 is 0 Å². The lowest BCUT2D eigenvalue weighted by molar-refractivity contribution is 0.100. The number of amides is 1. The number of primary amides is 1. The Bertz CT molecular complexity index is 547. The lowest BCUT2D eigenvalue weighted by atomic mass is 10.2. The van der Waals surface area contributed by atoms with E-state index in [2.05, 4.69) is 25.8 Å². The molecule has 2 aromatic heterocycles. The van der Waals surface area contributed by atoms with Crippen molar-refractivity contribution in [2.45, 2.75) is 13.3 Å². The number of fused-ring (bicyclic) bond motifs is 1. The normalized spacial score (nSPS) is 10.6. The fraction of sp³-hybridized carbons (Fsp3) is 0.375. The van der Waals surface area contributed by atoms with E-state index < -0.39 is 5.91 Å². The molecule has 0 aromatic carbocycles. The predicted octanol–water partition coefficient (Wildman–Crippen LogP) is -0.778. The number of carbonyl (C=O) groups excluding carboxylic acids is 1. The van der Waals surface area contributed by atoms with Gasteiger partial charge in [0.2, 0.25) is 0 Å². The number of aromatic nitrogens is 5. The summed E-state index contributed by atoms with van der Waals surface area (Å²) in [5, 5.41) is 13.9. The SMILES string of the molecule is CCc1nc(NC)c(C(N)=O)c2nnnn12. The summed E-state index contributed by atoms with van der Waals surface area (Å²) in [6.07, 6.45) is 0.648. The molecule has 2 heterocycles. The number of nitrogens with one attached hydrogen (secondary N) is 1. The number of rotatable bonds is 3. The lowest BCUT2D eigenvalue weighted by Gasteiger charge is -2.08. The van der Waals surface area contributed by atoms with Crippen molar-refractivity contribution in [1.29, 1.82) is 0 Å². The predicted molar refractivity (Wildman–Crippen MR) is 56.0 cm³/mol. The van der Waals surface area contributed by atoms with Gasteiger partial charge in [0.05, 0.1) is 0 Å². The number of aryl methyl sites for hydroxylation is 1. The molecular weight excluding hydrogens is 210 g/mol. The van der Waals surface area contributed by atoms with Gasteiger partial charge in [0, 0.05) is 13.5 Å². The molecule has 84 valence electrons. The second-order valence-electron chi connectivity index (χ2n) is 3.13. The number of nitrogens with two attached hydrogens (primary N) is 1. The molecule has 0 aliphatic carbocycles. The maximum Gasteiger partial charge on any atom is 0.256 e. The van der Waals surface area contributed by atoms with Gasteiger partial charge in [-0.25, -0.2) is 4.98 Å². The third kappa shape index (κ3) is 1.35. The Balaban J connectivity index is 2.85. The Labute approximate surface area is 90.8 Å². The molecule has 0 spiro atoms. The fourth-order valence-electron chi connectivity index (χ4n) is 1.49. The first-order valence-electron chi connectivity index (χ1n) is 4.77. The van der Waals surface area contributed by atoms with Crippen molar-refractivity contribution in [3.63, 3.8) is 0 Å². The second kappa shape index (κ2) is 3.72. The van der Waals surface area contributed by atoms with Crippen LogP contribution in [-0.4, -0.2) is 38.0 Å². The molecule has 0 bridgehead atoms. The molecule has 0 fully saturated rings. The van der Waals surface area contributed by atoms with E-state index in [-0.39, 0.29) is 5.56 Å². The second-order valence-corrected chi connectivity index (χ2v) is 3.13. The summed E-state index contributed by atoms with van der Waals surface area (Å²) in [4.78, 5) is 15.6. The van der Waals surface area contributed by atoms with Crippen molar-refractivity contribution >= 4 is 17.4 Å². The van der Waals surface area contributed by atoms with Crippen LogP contribution in [0.4, 0.5) is 5.82 Å². The van der Waals surface area contributed by atoms with Crippen molar-refractivity contribution in [3.05, 3.63) is 11.4 Å². The molecule has 0 unspecified atom stereocenters. The van der Waals surface area contributed by atoms with E-state index >= 15 is 0 Å². The van der Waals surface area contributed by atoms with Gasteiger partial charge in [0.1, 0.15) is 17.2 Å². The van der Waals surface area contributed by atoms with E-state index in [1.165, 1.54) is 4.52 Å². The monoisotopic (exact) mass is 221 g/mol. The van der Waals surface area contributed by atoms with Crippen LogP contribution in [-0.2, 0) is 6.42 Å². The number of tetrazole rings is 1. The molecule has 8 heteroatoms. The Morgan fingerprint density at radius 3 is 2.88 bits per heavy atom. The molecule has 0 aliphatic rings. The van der Waals surface area contributed by atoms with Gasteiger partial charge < -0.3 is 11.1 Å². The highest BCUT2D eigenvalue weighted by Gasteiger charge is 2.19. The number of nitrogens with zero attached hydrogens (tertiary/aromatic N) is 5. The minimum atomic E-state index is -0.612. The number of anilines is 1. The van der Waals surface area contributed by atoms with E-state index in [0.29, 0.717) is 23.7 Å². The van der Waals surface area contributed by atoms with E-state index in [0.717, 1.165) is 0 Å². The zero-order valence-corrected chi connectivity index (χ0v) is 8.93. The van der Waals surface area contributed by atoms with Crippen LogP contribution in [0.3, 0.4) is 0 Å². The van der Waals surface area contributed by atoms with Gasteiger partial charge in [-0.15, -0.1) is 5.10 Å². The molecule has 1 amide bonds. The molecule has 2 rings (SSSR count). The van der Waals surface area contributed by atoms with Gasteiger partial charge in [-0.3, -0.25) is 4.79 Å². The zero-order chi connectivity index (χ0) is 11.7. The molecule has 3 N–H and O–H groups in total. The third-order valence-corrected chi connectivity index (χ3v) is 2.21. The first-order valence-corrected chi connectivity index (χ1v) is 4.77. The zero-order valence-electron chi connectivity index (χ0n) is 8.93. The first kappa shape index (κ1) is 10.3. The van der Waals surface area contributed by atoms with Crippen molar-refractivity contribution in [2.24, 2.45) is 5.73 Å². The molecule has 2 aromatic rings. The first-order chi connectivity index (χ1) is 7.69. The molecule has 0 radical (unpaired) electrons. The number of hydrogen-bond acceptors (Lipinski definition) is 6. The van der Waals surface area contributed by atoms with Crippen LogP contribution in [0.1, 0.15) is 23.1 Å². The Kier molecular flexibility index (Phi) is 2.39. The van der Waals surface area contributed by atoms with Gasteiger partial charge >= 0.3 is 0 Å². The molecule has 8 nitrogen and oxygen atoms in total. The van der Waals surface area contributed by atoms with Crippen molar-refractivity contribution in [1.82, 2.24) is 25.0 Å². The third-order valence-electron chi connectivity index (χ3n) is 2.21. The van der Waals surface area contributed by atoms with Crippen LogP contribution in [0, 0.1) is 0 Å². The van der Waals surface area contributed by atoms with Crippen LogP contribution in [0.2, 0.25) is 0 Å². The van der Waals surface area contributed by atoms with Crippen molar-refractivity contribution in [3.8, 4) is 0 Å². The topological polar surface area (TPSA) is 111 Å². The summed E-state index contributed by atoms with van der Waals surface area (Å²) in [5.74, 6) is 0.445. The van der Waals surface area contributed by atoms with Gasteiger partial charge in [0.25, 0.3) is 5.91 Å². The van der Waals surface area contributed by atoms with Gasteiger partial charge in [-0.2, -0.15) is 4.52 Å². The maximum absolute atomic E-state index is 11.3. The Morgan fingerprint density at radius 1 is 1.56 bits per heavy atom. The Morgan fingerprint density at radius 2 is 2.31 bits per heavy atom. The summed E-state index contributed by atoms with van der Waals surface area (Å²) in [6, 6.07) is 0. The summed E-state index contributed by atoms with van der Waals surface area (Å²) in [6.45, 7) is 1.92. The molecule has 0 saturated carbocycles. The smallest absolute Gasteiger partial charge is 0.256 e. The van der Waals surface area contributed by atoms with E-state index in [1.54, 1.807) is 7.05 Å². The van der Waals surface area contributed by atoms with Crippen molar-refractivity contribution < 1.29 is 4.79 Å². The fourth-order valence-corrected chi connectivity index (χ4v) is 1.49. The summed E-state index contributed by atoms with van der Waals surface area (Å²) in [5.41, 5.74) is 5.80. The highest BCUT2D eigenvalue weighted by molar-refractivity contribution is 6.03. The average Bonchev–Trinajstić information content (AvgIpc) is 2.74. The van der Waals surface area contributed by atoms with Crippen LogP contribution < -0.4 is 11.1 Å². The summed E-state index contributed by atoms with van der Waals surface area (Å²) >= 11 is 0. The van der Waals surface area contributed by atoms with Gasteiger partial charge in [0.15, 0.2) is 5.65 Å². The molecule has 0 aliphatic heterocycles. The minimum absolute atomic E-state index is 0.199. The maximum atomic E-state index is 11.3. The number of carbonyl (C=O) groups is 1. The lowest BCUT2D eigenvalue weighted by Crippen LogP contribution is -2.18. The average molecular weight is 221 g/mol. The molecular formula is C8H11N7O. The summed E-state index contributed by atoms with van der Waals surface area (Å²) in [7, 11) is 1.66. The quantitative estimate of drug-likeness (QED) is 0.703. The van der Waals surface area contributed by atoms with E-state index in [4.69, 9.17) is 5.73 Å². The van der Waals surface area contributed by atoms with Crippen LogP contribution in [0.15, 0.2) is 0 Å². The summed E-state index contributed by atoms with van der Waals surface area (Å²) < 4.78 is 1.42. The Hall–Kier alpha value is -2.25. The highest BCUT2D eigenvalue weighted by Crippen LogP contribution is 2.17. The number of hydrogen-bond donors (Lipinski definition) is 2. The molecule has 0 atom stereocenters. The van der Waals surface area contributed by atoms with Gasteiger partial charge in [-0.05, 0) is 10.4 Å². The van der Waals surface area contributed by atoms with Crippen LogP contribution in [0.5, 0.6) is 0 Å².